The predicted molar refractivity (Wildman–Crippen MR) is 100 cm³/mol. The lowest BCUT2D eigenvalue weighted by Gasteiger charge is -2.32. The van der Waals surface area contributed by atoms with Gasteiger partial charge in [-0.1, -0.05) is 40.9 Å². The van der Waals surface area contributed by atoms with Crippen LogP contribution in [-0.4, -0.2) is 32.4 Å². The second-order valence-corrected chi connectivity index (χ2v) is 9.05. The molecule has 0 bridgehead atoms. The molecule has 1 atom stereocenters. The minimum absolute atomic E-state index is 0.174. The van der Waals surface area contributed by atoms with Gasteiger partial charge in [0.25, 0.3) is 0 Å². The van der Waals surface area contributed by atoms with Crippen LogP contribution in [0.1, 0.15) is 17.2 Å². The molecule has 1 aliphatic rings. The molecule has 1 saturated heterocycles. The van der Waals surface area contributed by atoms with Crippen molar-refractivity contribution >= 4 is 44.8 Å². The Morgan fingerprint density at radius 2 is 1.76 bits per heavy atom. The SMILES string of the molecule is Cc1ccc(S(=O)(=O)N2CCOC(c3cc(Cl)cc(Cl)c3)C2)cc1Cl. The molecule has 1 unspecified atom stereocenters. The van der Waals surface area contributed by atoms with Crippen molar-refractivity contribution in [3.63, 3.8) is 0 Å². The largest absolute Gasteiger partial charge is 0.371 e. The molecule has 0 amide bonds. The highest BCUT2D eigenvalue weighted by Crippen LogP contribution is 2.31. The molecule has 8 heteroatoms. The van der Waals surface area contributed by atoms with E-state index in [0.29, 0.717) is 15.1 Å². The third-order valence-electron chi connectivity index (χ3n) is 4.07. The van der Waals surface area contributed by atoms with Crippen molar-refractivity contribution in [2.24, 2.45) is 0 Å². The van der Waals surface area contributed by atoms with E-state index >= 15 is 0 Å². The van der Waals surface area contributed by atoms with E-state index in [9.17, 15) is 8.42 Å². The van der Waals surface area contributed by atoms with Crippen molar-refractivity contribution < 1.29 is 13.2 Å². The number of hydrogen-bond acceptors (Lipinski definition) is 3. The molecule has 0 radical (unpaired) electrons. The molecule has 25 heavy (non-hydrogen) atoms. The minimum atomic E-state index is -3.66. The highest BCUT2D eigenvalue weighted by molar-refractivity contribution is 7.89. The molecule has 0 aliphatic carbocycles. The van der Waals surface area contributed by atoms with E-state index in [1.165, 1.54) is 10.4 Å². The first-order valence-corrected chi connectivity index (χ1v) is 10.2. The summed E-state index contributed by atoms with van der Waals surface area (Å²) < 4.78 is 33.0. The van der Waals surface area contributed by atoms with Gasteiger partial charge in [-0.05, 0) is 48.4 Å². The van der Waals surface area contributed by atoms with Crippen molar-refractivity contribution in [3.8, 4) is 0 Å². The summed E-state index contributed by atoms with van der Waals surface area (Å²) in [7, 11) is -3.66. The second kappa shape index (κ2) is 7.43. The maximum absolute atomic E-state index is 12.9. The van der Waals surface area contributed by atoms with Gasteiger partial charge in [-0.15, -0.1) is 0 Å². The van der Waals surface area contributed by atoms with Gasteiger partial charge in [-0.2, -0.15) is 4.31 Å². The number of ether oxygens (including phenoxy) is 1. The fourth-order valence-electron chi connectivity index (χ4n) is 2.69. The van der Waals surface area contributed by atoms with Crippen LogP contribution in [0.4, 0.5) is 0 Å². The van der Waals surface area contributed by atoms with Gasteiger partial charge in [0, 0.05) is 28.2 Å². The van der Waals surface area contributed by atoms with Gasteiger partial charge < -0.3 is 4.74 Å². The molecular formula is C17H16Cl3NO3S. The molecule has 2 aromatic rings. The molecule has 1 fully saturated rings. The Hall–Kier alpha value is -0.820. The maximum atomic E-state index is 12.9. The summed E-state index contributed by atoms with van der Waals surface area (Å²) in [5.41, 5.74) is 1.58. The lowest BCUT2D eigenvalue weighted by atomic mass is 10.1. The van der Waals surface area contributed by atoms with Gasteiger partial charge in [0.15, 0.2) is 0 Å². The van der Waals surface area contributed by atoms with Crippen LogP contribution in [0.15, 0.2) is 41.3 Å². The number of rotatable bonds is 3. The van der Waals surface area contributed by atoms with Crippen LogP contribution in [0.2, 0.25) is 15.1 Å². The number of benzene rings is 2. The van der Waals surface area contributed by atoms with Crippen LogP contribution in [0.5, 0.6) is 0 Å². The van der Waals surface area contributed by atoms with E-state index in [1.54, 1.807) is 30.3 Å². The summed E-state index contributed by atoms with van der Waals surface area (Å²) in [6, 6.07) is 9.83. The number of morpholine rings is 1. The monoisotopic (exact) mass is 419 g/mol. The molecule has 134 valence electrons. The number of nitrogens with zero attached hydrogens (tertiary/aromatic N) is 1. The van der Waals surface area contributed by atoms with E-state index in [2.05, 4.69) is 0 Å². The van der Waals surface area contributed by atoms with Crippen LogP contribution in [-0.2, 0) is 14.8 Å². The van der Waals surface area contributed by atoms with Crippen LogP contribution in [0, 0.1) is 6.92 Å². The molecule has 0 saturated carbocycles. The van der Waals surface area contributed by atoms with Crippen molar-refractivity contribution in [1.82, 2.24) is 4.31 Å². The van der Waals surface area contributed by atoms with Crippen molar-refractivity contribution in [3.05, 3.63) is 62.6 Å². The summed E-state index contributed by atoms with van der Waals surface area (Å²) in [5.74, 6) is 0. The van der Waals surface area contributed by atoms with Crippen LogP contribution in [0.25, 0.3) is 0 Å². The Bertz CT molecular complexity index is 882. The van der Waals surface area contributed by atoms with Crippen molar-refractivity contribution in [2.45, 2.75) is 17.9 Å². The van der Waals surface area contributed by atoms with Crippen LogP contribution >= 0.6 is 34.8 Å². The number of aryl methyl sites for hydroxylation is 1. The molecule has 0 spiro atoms. The quantitative estimate of drug-likeness (QED) is 0.722. The molecule has 0 N–H and O–H groups in total. The van der Waals surface area contributed by atoms with E-state index in [4.69, 9.17) is 39.5 Å². The van der Waals surface area contributed by atoms with Gasteiger partial charge in [0.2, 0.25) is 10.0 Å². The summed E-state index contributed by atoms with van der Waals surface area (Å²) >= 11 is 18.2. The summed E-state index contributed by atoms with van der Waals surface area (Å²) in [6.07, 6.45) is -0.430. The van der Waals surface area contributed by atoms with Crippen molar-refractivity contribution in [2.75, 3.05) is 19.7 Å². The van der Waals surface area contributed by atoms with Crippen LogP contribution < -0.4 is 0 Å². The minimum Gasteiger partial charge on any atom is -0.371 e. The van der Waals surface area contributed by atoms with Gasteiger partial charge >= 0.3 is 0 Å². The lowest BCUT2D eigenvalue weighted by Crippen LogP contribution is -2.42. The van der Waals surface area contributed by atoms with E-state index in [0.717, 1.165) is 11.1 Å². The topological polar surface area (TPSA) is 46.6 Å². The zero-order valence-electron chi connectivity index (χ0n) is 13.4. The Kier molecular flexibility index (Phi) is 5.63. The number of halogens is 3. The van der Waals surface area contributed by atoms with Gasteiger partial charge in [0.1, 0.15) is 0 Å². The van der Waals surface area contributed by atoms with Gasteiger partial charge in [-0.3, -0.25) is 0 Å². The number of sulfonamides is 1. The Labute approximate surface area is 162 Å². The first-order chi connectivity index (χ1) is 11.8. The average Bonchev–Trinajstić information content (AvgIpc) is 2.56. The maximum Gasteiger partial charge on any atom is 0.243 e. The lowest BCUT2D eigenvalue weighted by molar-refractivity contribution is -0.00254. The third kappa shape index (κ3) is 4.13. The standard InChI is InChI=1S/C17H16Cl3NO3S/c1-11-2-3-15(9-16(11)20)25(22,23)21-4-5-24-17(10-21)12-6-13(18)8-14(19)7-12/h2-3,6-9,17H,4-5,10H2,1H3. The Balaban J connectivity index is 1.88. The van der Waals surface area contributed by atoms with Crippen LogP contribution in [0.3, 0.4) is 0 Å². The Morgan fingerprint density at radius 3 is 2.40 bits per heavy atom. The second-order valence-electron chi connectivity index (χ2n) is 5.84. The first-order valence-electron chi connectivity index (χ1n) is 7.61. The average molecular weight is 421 g/mol. The van der Waals surface area contributed by atoms with E-state index in [1.807, 2.05) is 6.92 Å². The zero-order chi connectivity index (χ0) is 18.2. The molecule has 1 heterocycles. The summed E-state index contributed by atoms with van der Waals surface area (Å²) in [6.45, 7) is 2.57. The third-order valence-corrected chi connectivity index (χ3v) is 6.77. The van der Waals surface area contributed by atoms with E-state index < -0.39 is 16.1 Å². The smallest absolute Gasteiger partial charge is 0.243 e. The molecule has 3 rings (SSSR count). The summed E-state index contributed by atoms with van der Waals surface area (Å²) in [4.78, 5) is 0.174. The van der Waals surface area contributed by atoms with Crippen molar-refractivity contribution in [1.29, 1.82) is 0 Å². The summed E-state index contributed by atoms with van der Waals surface area (Å²) in [5, 5.41) is 1.39. The zero-order valence-corrected chi connectivity index (χ0v) is 16.5. The fraction of sp³-hybridized carbons (Fsp3) is 0.294. The molecule has 0 aromatic heterocycles. The highest BCUT2D eigenvalue weighted by atomic mass is 35.5. The molecular weight excluding hydrogens is 405 g/mol. The molecule has 4 nitrogen and oxygen atoms in total. The number of hydrogen-bond donors (Lipinski definition) is 0. The normalized spacial score (nSPS) is 19.1. The Morgan fingerprint density at radius 1 is 1.08 bits per heavy atom. The first kappa shape index (κ1) is 19.0. The molecule has 1 aliphatic heterocycles. The van der Waals surface area contributed by atoms with Gasteiger partial charge in [-0.25, -0.2) is 8.42 Å². The predicted octanol–water partition coefficient (Wildman–Crippen LogP) is 4.72. The highest BCUT2D eigenvalue weighted by Gasteiger charge is 2.32. The molecule has 2 aromatic carbocycles. The van der Waals surface area contributed by atoms with E-state index in [-0.39, 0.29) is 24.6 Å². The fourth-order valence-corrected chi connectivity index (χ4v) is 4.93. The van der Waals surface area contributed by atoms with Gasteiger partial charge in [0.05, 0.1) is 17.6 Å².